The van der Waals surface area contributed by atoms with Gasteiger partial charge in [-0.3, -0.25) is 9.36 Å². The van der Waals surface area contributed by atoms with Crippen molar-refractivity contribution >= 4 is 62.5 Å². The molecule has 3 aromatic rings. The number of rotatable bonds is 7. The summed E-state index contributed by atoms with van der Waals surface area (Å²) in [6, 6.07) is 8.57. The minimum Gasteiger partial charge on any atom is -0.446 e. The molecule has 0 bridgehead atoms. The molecule has 0 spiro atoms. The number of furan rings is 1. The third-order valence-corrected chi connectivity index (χ3v) is 5.63. The van der Waals surface area contributed by atoms with Gasteiger partial charge in [-0.05, 0) is 52.7 Å². The maximum Gasteiger partial charge on any atom is 0.234 e. The van der Waals surface area contributed by atoms with Gasteiger partial charge in [-0.2, -0.15) is 0 Å². The van der Waals surface area contributed by atoms with Crippen LogP contribution in [0.5, 0.6) is 0 Å². The van der Waals surface area contributed by atoms with Crippen molar-refractivity contribution < 1.29 is 9.21 Å². The van der Waals surface area contributed by atoms with E-state index in [0.717, 1.165) is 13.0 Å². The first-order valence-electron chi connectivity index (χ1n) is 8.04. The third-order valence-electron chi connectivity index (χ3n) is 3.49. The van der Waals surface area contributed by atoms with E-state index in [-0.39, 0.29) is 11.7 Å². The molecule has 1 amide bonds. The Balaban J connectivity index is 1.69. The number of hydrogen-bond acceptors (Lipinski definition) is 5. The molecule has 0 saturated heterocycles. The number of thioether (sulfide) groups is 1. The van der Waals surface area contributed by atoms with E-state index in [1.807, 2.05) is 10.6 Å². The lowest BCUT2D eigenvalue weighted by Crippen LogP contribution is -2.14. The summed E-state index contributed by atoms with van der Waals surface area (Å²) in [5.41, 5.74) is 0.589. The summed E-state index contributed by atoms with van der Waals surface area (Å²) in [6.07, 6.45) is 0.899. The van der Waals surface area contributed by atoms with Gasteiger partial charge in [0.15, 0.2) is 15.6 Å². The number of amides is 1. The summed E-state index contributed by atoms with van der Waals surface area (Å²) in [5.74, 6) is 1.26. The number of halogens is 3. The number of anilines is 1. The quantitative estimate of drug-likeness (QED) is 0.428. The Hall–Kier alpha value is -1.48. The fourth-order valence-electron chi connectivity index (χ4n) is 2.34. The molecule has 2 heterocycles. The topological polar surface area (TPSA) is 73.0 Å². The fourth-order valence-corrected chi connectivity index (χ4v) is 3.71. The Morgan fingerprint density at radius 1 is 1.26 bits per heavy atom. The van der Waals surface area contributed by atoms with Crippen LogP contribution < -0.4 is 5.32 Å². The van der Waals surface area contributed by atoms with Gasteiger partial charge in [-0.25, -0.2) is 0 Å². The van der Waals surface area contributed by atoms with E-state index in [9.17, 15) is 4.79 Å². The monoisotopic (exact) mass is 488 g/mol. The van der Waals surface area contributed by atoms with Crippen LogP contribution in [0.25, 0.3) is 11.6 Å². The van der Waals surface area contributed by atoms with Crippen LogP contribution in [0.4, 0.5) is 5.69 Å². The van der Waals surface area contributed by atoms with Crippen molar-refractivity contribution in [2.24, 2.45) is 0 Å². The number of benzene rings is 1. The number of carbonyl (C=O) groups excluding carboxylic acids is 1. The number of hydrogen-bond donors (Lipinski definition) is 1. The van der Waals surface area contributed by atoms with E-state index in [1.165, 1.54) is 11.8 Å². The summed E-state index contributed by atoms with van der Waals surface area (Å²) < 4.78 is 8.15. The molecule has 0 atom stereocenters. The largest absolute Gasteiger partial charge is 0.446 e. The fraction of sp³-hybridized carbons (Fsp3) is 0.235. The molecule has 2 aromatic heterocycles. The molecule has 3 rings (SSSR count). The van der Waals surface area contributed by atoms with Gasteiger partial charge in [0.2, 0.25) is 11.7 Å². The molecule has 0 unspecified atom stereocenters. The number of nitrogens with one attached hydrogen (secondary N) is 1. The number of nitrogens with zero attached hydrogens (tertiary/aromatic N) is 3. The van der Waals surface area contributed by atoms with Crippen molar-refractivity contribution in [3.8, 4) is 11.6 Å². The second-order valence-corrected chi connectivity index (χ2v) is 8.07. The summed E-state index contributed by atoms with van der Waals surface area (Å²) in [5, 5.41) is 12.7. The molecule has 1 aromatic carbocycles. The lowest BCUT2D eigenvalue weighted by molar-refractivity contribution is -0.113. The van der Waals surface area contributed by atoms with E-state index < -0.39 is 0 Å². The van der Waals surface area contributed by atoms with E-state index >= 15 is 0 Å². The van der Waals surface area contributed by atoms with Gasteiger partial charge in [-0.1, -0.05) is 41.9 Å². The maximum atomic E-state index is 12.2. The molecule has 142 valence electrons. The Morgan fingerprint density at radius 2 is 2.07 bits per heavy atom. The minimum atomic E-state index is -0.174. The smallest absolute Gasteiger partial charge is 0.234 e. The molecular formula is C17H15BrCl2N4O2S. The Morgan fingerprint density at radius 3 is 2.74 bits per heavy atom. The van der Waals surface area contributed by atoms with Crippen molar-refractivity contribution in [2.75, 3.05) is 11.1 Å². The third kappa shape index (κ3) is 5.07. The summed E-state index contributed by atoms with van der Waals surface area (Å²) in [6.45, 7) is 2.78. The van der Waals surface area contributed by atoms with Crippen LogP contribution in [-0.2, 0) is 11.3 Å². The van der Waals surface area contributed by atoms with E-state index in [2.05, 4.69) is 38.4 Å². The molecule has 0 aliphatic rings. The van der Waals surface area contributed by atoms with Gasteiger partial charge < -0.3 is 9.73 Å². The molecule has 27 heavy (non-hydrogen) atoms. The Kier molecular flexibility index (Phi) is 6.86. The second kappa shape index (κ2) is 9.14. The van der Waals surface area contributed by atoms with E-state index in [0.29, 0.717) is 37.1 Å². The predicted molar refractivity (Wildman–Crippen MR) is 112 cm³/mol. The first kappa shape index (κ1) is 20.3. The SMILES string of the molecule is CCCn1c(SCC(=O)Nc2ccc(Cl)c(Cl)c2)nnc1-c1ccc(Br)o1. The zero-order valence-electron chi connectivity index (χ0n) is 14.2. The van der Waals surface area contributed by atoms with Crippen molar-refractivity contribution in [1.82, 2.24) is 14.8 Å². The zero-order valence-corrected chi connectivity index (χ0v) is 18.1. The molecule has 0 radical (unpaired) electrons. The van der Waals surface area contributed by atoms with Gasteiger partial charge in [0.05, 0.1) is 15.8 Å². The van der Waals surface area contributed by atoms with Crippen LogP contribution in [-0.4, -0.2) is 26.4 Å². The van der Waals surface area contributed by atoms with Crippen molar-refractivity contribution in [3.63, 3.8) is 0 Å². The van der Waals surface area contributed by atoms with Gasteiger partial charge in [0.25, 0.3) is 0 Å². The average molecular weight is 490 g/mol. The molecular weight excluding hydrogens is 475 g/mol. The summed E-state index contributed by atoms with van der Waals surface area (Å²) >= 11 is 16.4. The molecule has 10 heteroatoms. The van der Waals surface area contributed by atoms with Crippen LogP contribution in [0.2, 0.25) is 10.0 Å². The highest BCUT2D eigenvalue weighted by Crippen LogP contribution is 2.28. The highest BCUT2D eigenvalue weighted by Gasteiger charge is 2.17. The maximum absolute atomic E-state index is 12.2. The molecule has 1 N–H and O–H groups in total. The summed E-state index contributed by atoms with van der Waals surface area (Å²) in [4.78, 5) is 12.2. The molecule has 6 nitrogen and oxygen atoms in total. The first-order chi connectivity index (χ1) is 13.0. The van der Waals surface area contributed by atoms with Crippen LogP contribution in [0.15, 0.2) is 44.6 Å². The van der Waals surface area contributed by atoms with Gasteiger partial charge >= 0.3 is 0 Å². The number of carbonyl (C=O) groups is 1. The Labute approximate surface area is 178 Å². The lowest BCUT2D eigenvalue weighted by atomic mass is 10.3. The van der Waals surface area contributed by atoms with Gasteiger partial charge in [0, 0.05) is 12.2 Å². The van der Waals surface area contributed by atoms with Crippen LogP contribution >= 0.6 is 50.9 Å². The molecule has 0 aliphatic heterocycles. The van der Waals surface area contributed by atoms with E-state index in [1.54, 1.807) is 24.3 Å². The lowest BCUT2D eigenvalue weighted by Gasteiger charge is -2.08. The predicted octanol–water partition coefficient (Wildman–Crippen LogP) is 5.75. The van der Waals surface area contributed by atoms with Gasteiger partial charge in [0.1, 0.15) is 0 Å². The average Bonchev–Trinajstić information content (AvgIpc) is 3.23. The van der Waals surface area contributed by atoms with Crippen LogP contribution in [0, 0.1) is 0 Å². The van der Waals surface area contributed by atoms with Crippen LogP contribution in [0.1, 0.15) is 13.3 Å². The standard InChI is InChI=1S/C17H15BrCl2N4O2S/c1-2-7-24-16(13-5-6-14(18)26-13)22-23-17(24)27-9-15(25)21-10-3-4-11(19)12(20)8-10/h3-6,8H,2,7,9H2,1H3,(H,21,25). The number of aromatic nitrogens is 3. The Bertz CT molecular complexity index is 960. The second-order valence-electron chi connectivity index (χ2n) is 5.53. The van der Waals surface area contributed by atoms with Gasteiger partial charge in [-0.15, -0.1) is 10.2 Å². The minimum absolute atomic E-state index is 0.174. The first-order valence-corrected chi connectivity index (χ1v) is 10.6. The van der Waals surface area contributed by atoms with E-state index in [4.69, 9.17) is 27.6 Å². The molecule has 0 aliphatic carbocycles. The zero-order chi connectivity index (χ0) is 19.4. The highest BCUT2D eigenvalue weighted by atomic mass is 79.9. The normalized spacial score (nSPS) is 11.0. The van der Waals surface area contributed by atoms with Crippen LogP contribution in [0.3, 0.4) is 0 Å². The van der Waals surface area contributed by atoms with Crippen molar-refractivity contribution in [3.05, 3.63) is 45.0 Å². The van der Waals surface area contributed by atoms with Crippen molar-refractivity contribution in [2.45, 2.75) is 25.0 Å². The molecule has 0 saturated carbocycles. The molecule has 0 fully saturated rings. The highest BCUT2D eigenvalue weighted by molar-refractivity contribution is 9.10. The summed E-state index contributed by atoms with van der Waals surface area (Å²) in [7, 11) is 0. The van der Waals surface area contributed by atoms with Crippen molar-refractivity contribution in [1.29, 1.82) is 0 Å².